The predicted molar refractivity (Wildman–Crippen MR) is 123 cm³/mol. The summed E-state index contributed by atoms with van der Waals surface area (Å²) < 4.78 is 0. The Bertz CT molecular complexity index is 1170. The van der Waals surface area contributed by atoms with Crippen molar-refractivity contribution in [3.63, 3.8) is 0 Å². The third-order valence-corrected chi connectivity index (χ3v) is 5.72. The lowest BCUT2D eigenvalue weighted by Gasteiger charge is -2.25. The van der Waals surface area contributed by atoms with Gasteiger partial charge in [0, 0.05) is 31.4 Å². The van der Waals surface area contributed by atoms with E-state index in [-0.39, 0.29) is 17.9 Å². The number of rotatable bonds is 4. The fourth-order valence-electron chi connectivity index (χ4n) is 3.92. The minimum atomic E-state index is -0.0826. The average Bonchev–Trinajstić information content (AvgIpc) is 2.91. The molecule has 3 aromatic rings. The highest BCUT2D eigenvalue weighted by Gasteiger charge is 2.19. The highest BCUT2D eigenvalue weighted by molar-refractivity contribution is 5.94. The maximum Gasteiger partial charge on any atom is 0.246 e. The molecule has 0 bridgehead atoms. The lowest BCUT2D eigenvalue weighted by molar-refractivity contribution is -0.126. The first-order chi connectivity index (χ1) is 14.9. The molecule has 0 fully saturated rings. The Labute approximate surface area is 182 Å². The Morgan fingerprint density at radius 2 is 1.97 bits per heavy atom. The normalized spacial score (nSPS) is 15.4. The second-order valence-electron chi connectivity index (χ2n) is 8.02. The largest absolute Gasteiger partial charge is 0.335 e. The van der Waals surface area contributed by atoms with Crippen molar-refractivity contribution in [2.24, 2.45) is 0 Å². The van der Waals surface area contributed by atoms with Crippen LogP contribution in [0, 0.1) is 0 Å². The van der Waals surface area contributed by atoms with Gasteiger partial charge in [0.2, 0.25) is 11.8 Å². The van der Waals surface area contributed by atoms with Crippen molar-refractivity contribution in [3.8, 4) is 0 Å². The van der Waals surface area contributed by atoms with Gasteiger partial charge in [0.25, 0.3) is 0 Å². The van der Waals surface area contributed by atoms with Gasteiger partial charge in [-0.25, -0.2) is 4.98 Å². The highest BCUT2D eigenvalue weighted by Crippen LogP contribution is 2.27. The number of benzene rings is 2. The van der Waals surface area contributed by atoms with Crippen molar-refractivity contribution >= 4 is 34.5 Å². The van der Waals surface area contributed by atoms with Crippen molar-refractivity contribution < 1.29 is 9.59 Å². The number of amides is 2. The van der Waals surface area contributed by atoms with Crippen LogP contribution in [-0.2, 0) is 16.1 Å². The number of anilines is 1. The van der Waals surface area contributed by atoms with E-state index in [1.165, 1.54) is 0 Å². The number of nitrogens with zero attached hydrogens (tertiary/aromatic N) is 3. The van der Waals surface area contributed by atoms with Gasteiger partial charge in [0.15, 0.2) is 0 Å². The molecule has 6 nitrogen and oxygen atoms in total. The number of nitrogens with one attached hydrogen (secondary N) is 1. The summed E-state index contributed by atoms with van der Waals surface area (Å²) >= 11 is 0. The summed E-state index contributed by atoms with van der Waals surface area (Å²) in [7, 11) is 3.71. The van der Waals surface area contributed by atoms with E-state index in [4.69, 9.17) is 0 Å². The minimum Gasteiger partial charge on any atom is -0.335 e. The number of hydrogen-bond donors (Lipinski definition) is 1. The van der Waals surface area contributed by atoms with Crippen molar-refractivity contribution in [2.75, 3.05) is 26.0 Å². The predicted octanol–water partition coefficient (Wildman–Crippen LogP) is 3.85. The standard InChI is InChI=1S/C25H26N4O2/c1-17(21-10-6-8-19-7-4-5-9-22(19)21)29(3)24(31)12-11-18-13-20-15-28(2)16-23(30)27-25(20)26-14-18/h4-14,17H,15-16H2,1-3H3,(H,26,27,30). The molecule has 6 heteroatoms. The number of pyridine rings is 1. The zero-order valence-electron chi connectivity index (χ0n) is 18.0. The molecule has 158 valence electrons. The van der Waals surface area contributed by atoms with Gasteiger partial charge in [-0.15, -0.1) is 0 Å². The SMILES string of the molecule is CC(c1cccc2ccccc12)N(C)C(=O)C=Cc1cnc2c(c1)CN(C)CC(=O)N2. The van der Waals surface area contributed by atoms with E-state index >= 15 is 0 Å². The molecule has 1 aliphatic rings. The molecular formula is C25H26N4O2. The Hall–Kier alpha value is -3.51. The molecule has 2 heterocycles. The van der Waals surface area contributed by atoms with Crippen LogP contribution in [0.15, 0.2) is 60.8 Å². The van der Waals surface area contributed by atoms with Crippen molar-refractivity contribution in [1.82, 2.24) is 14.8 Å². The van der Waals surface area contributed by atoms with Crippen LogP contribution < -0.4 is 5.32 Å². The van der Waals surface area contributed by atoms with E-state index in [9.17, 15) is 9.59 Å². The van der Waals surface area contributed by atoms with Gasteiger partial charge < -0.3 is 10.2 Å². The Morgan fingerprint density at radius 1 is 1.19 bits per heavy atom. The molecule has 1 unspecified atom stereocenters. The summed E-state index contributed by atoms with van der Waals surface area (Å²) in [5.41, 5.74) is 2.87. The smallest absolute Gasteiger partial charge is 0.246 e. The highest BCUT2D eigenvalue weighted by atomic mass is 16.2. The van der Waals surface area contributed by atoms with Gasteiger partial charge in [0.05, 0.1) is 12.6 Å². The molecule has 1 aromatic heterocycles. The Morgan fingerprint density at radius 3 is 2.81 bits per heavy atom. The zero-order chi connectivity index (χ0) is 22.0. The van der Waals surface area contributed by atoms with Crippen molar-refractivity contribution in [3.05, 3.63) is 77.5 Å². The van der Waals surface area contributed by atoms with Gasteiger partial charge in [-0.1, -0.05) is 42.5 Å². The summed E-state index contributed by atoms with van der Waals surface area (Å²) in [6.07, 6.45) is 5.01. The molecule has 0 aliphatic carbocycles. The second-order valence-corrected chi connectivity index (χ2v) is 8.02. The second kappa shape index (κ2) is 8.70. The summed E-state index contributed by atoms with van der Waals surface area (Å²) in [6.45, 7) is 2.99. The van der Waals surface area contributed by atoms with Crippen molar-refractivity contribution in [2.45, 2.75) is 19.5 Å². The van der Waals surface area contributed by atoms with Gasteiger partial charge in [-0.05, 0) is 48.0 Å². The van der Waals surface area contributed by atoms with E-state index in [0.717, 1.165) is 27.5 Å². The average molecular weight is 415 g/mol. The number of likely N-dealkylation sites (N-methyl/N-ethyl adjacent to an activating group) is 2. The number of hydrogen-bond acceptors (Lipinski definition) is 4. The van der Waals surface area contributed by atoms with E-state index in [1.807, 2.05) is 50.2 Å². The van der Waals surface area contributed by atoms with Gasteiger partial charge in [-0.3, -0.25) is 14.5 Å². The molecule has 4 rings (SSSR count). The fraction of sp³-hybridized carbons (Fsp3) is 0.240. The third kappa shape index (κ3) is 4.49. The maximum absolute atomic E-state index is 12.9. The van der Waals surface area contributed by atoms with Crippen LogP contribution in [0.3, 0.4) is 0 Å². The summed E-state index contributed by atoms with van der Waals surface area (Å²) in [5, 5.41) is 5.14. The zero-order valence-corrected chi connectivity index (χ0v) is 18.0. The maximum atomic E-state index is 12.9. The summed E-state index contributed by atoms with van der Waals surface area (Å²) in [6, 6.07) is 16.3. The van der Waals surface area contributed by atoms with Crippen LogP contribution in [-0.4, -0.2) is 47.2 Å². The molecule has 1 aliphatic heterocycles. The molecular weight excluding hydrogens is 388 g/mol. The molecule has 0 spiro atoms. The van der Waals surface area contributed by atoms with Crippen LogP contribution in [0.5, 0.6) is 0 Å². The molecule has 0 saturated carbocycles. The minimum absolute atomic E-state index is 0.0720. The molecule has 31 heavy (non-hydrogen) atoms. The van der Waals surface area contributed by atoms with E-state index < -0.39 is 0 Å². The quantitative estimate of drug-likeness (QED) is 0.659. The molecule has 1 N–H and O–H groups in total. The first-order valence-corrected chi connectivity index (χ1v) is 10.3. The van der Waals surface area contributed by atoms with Crippen LogP contribution in [0.2, 0.25) is 0 Å². The summed E-state index contributed by atoms with van der Waals surface area (Å²) in [5.74, 6) is 0.427. The van der Waals surface area contributed by atoms with Crippen LogP contribution in [0.4, 0.5) is 5.82 Å². The van der Waals surface area contributed by atoms with Crippen molar-refractivity contribution in [1.29, 1.82) is 0 Å². The molecule has 1 atom stereocenters. The lowest BCUT2D eigenvalue weighted by Crippen LogP contribution is -2.28. The number of fused-ring (bicyclic) bond motifs is 2. The first-order valence-electron chi connectivity index (χ1n) is 10.3. The number of aromatic nitrogens is 1. The molecule has 0 radical (unpaired) electrons. The van der Waals surface area contributed by atoms with E-state index in [0.29, 0.717) is 18.9 Å². The lowest BCUT2D eigenvalue weighted by atomic mass is 9.99. The van der Waals surface area contributed by atoms with Gasteiger partial charge in [0.1, 0.15) is 5.82 Å². The number of carbonyl (C=O) groups excluding carboxylic acids is 2. The summed E-state index contributed by atoms with van der Waals surface area (Å²) in [4.78, 5) is 32.7. The Kier molecular flexibility index (Phi) is 5.82. The topological polar surface area (TPSA) is 65.5 Å². The molecule has 2 aromatic carbocycles. The van der Waals surface area contributed by atoms with Gasteiger partial charge >= 0.3 is 0 Å². The van der Waals surface area contributed by atoms with Gasteiger partial charge in [-0.2, -0.15) is 0 Å². The van der Waals surface area contributed by atoms with Crippen LogP contribution >= 0.6 is 0 Å². The molecule has 0 saturated heterocycles. The van der Waals surface area contributed by atoms with E-state index in [1.54, 1.807) is 23.2 Å². The third-order valence-electron chi connectivity index (χ3n) is 5.72. The first kappa shape index (κ1) is 20.8. The number of carbonyl (C=O) groups is 2. The van der Waals surface area contributed by atoms with Crippen LogP contribution in [0.25, 0.3) is 16.8 Å². The monoisotopic (exact) mass is 414 g/mol. The Balaban J connectivity index is 1.52. The fourth-order valence-corrected chi connectivity index (χ4v) is 3.92. The van der Waals surface area contributed by atoms with Crippen LogP contribution in [0.1, 0.15) is 29.7 Å². The van der Waals surface area contributed by atoms with E-state index in [2.05, 4.69) is 34.6 Å². The molecule has 2 amide bonds.